The number of nitrogens with zero attached hydrogens (tertiary/aromatic N) is 5. The molecular formula is C90H78Cl6N12O19S4. The summed E-state index contributed by atoms with van der Waals surface area (Å²) in [5.41, 5.74) is 8.92. The summed E-state index contributed by atoms with van der Waals surface area (Å²) >= 11 is 36.7. The van der Waals surface area contributed by atoms with E-state index >= 15 is 0 Å². The quantitative estimate of drug-likeness (QED) is 0.0419. The van der Waals surface area contributed by atoms with Gasteiger partial charge >= 0.3 is 0 Å². The predicted molar refractivity (Wildman–Crippen MR) is 510 cm³/mol. The summed E-state index contributed by atoms with van der Waals surface area (Å²) in [6, 6.07) is 63.6. The van der Waals surface area contributed by atoms with Crippen LogP contribution in [0, 0.1) is 13.8 Å². The van der Waals surface area contributed by atoms with Crippen molar-refractivity contribution in [1.82, 2.24) is 4.98 Å². The van der Waals surface area contributed by atoms with Crippen molar-refractivity contribution in [2.45, 2.75) is 13.8 Å². The van der Waals surface area contributed by atoms with E-state index in [-0.39, 0.29) is 107 Å². The third kappa shape index (κ3) is 25.1. The predicted octanol–water partition coefficient (Wildman–Crippen LogP) is 17.1. The molecule has 0 aliphatic carbocycles. The van der Waals surface area contributed by atoms with E-state index in [1.807, 2.05) is 38.1 Å². The fraction of sp³-hybridized carbons (Fsp3) is 0.156. The van der Waals surface area contributed by atoms with Crippen LogP contribution in [-0.2, 0) is 59.0 Å². The van der Waals surface area contributed by atoms with Gasteiger partial charge in [0.15, 0.2) is 23.8 Å². The maximum Gasteiger partial charge on any atom is 0.259 e. The van der Waals surface area contributed by atoms with Crippen LogP contribution < -0.4 is 54.4 Å². The number of ether oxygens (including phenoxy) is 4. The van der Waals surface area contributed by atoms with E-state index in [1.54, 1.807) is 170 Å². The van der Waals surface area contributed by atoms with Crippen LogP contribution in [0.3, 0.4) is 0 Å². The standard InChI is InChI=1S/C24H21Cl2N3O5S.C24H22ClN3O5S.C23H18Cl3N3O5S.C19H17N3O4S/c1-15-5-6-18(12-22(15)28-23(30)16-3-2-4-17(25)11-16)27-24(31)20-8-7-19(13-21(20)26)29-9-10-34-14-35(29,32)33;1-16-5-8-20(14-22(16)27-24(30)18-3-2-4-19(25)13-18)26-23(29)17-6-9-21(10-7-17)28-11-12-33-15-34(28,31)32;24-15-3-1-2-14(10-15)22(30)28-21-11-16(4-7-19(21)25)27-23(31)18-6-5-17(12-20(18)26)29-8-9-34-13-35(29,32)33;23-19(21-17-4-1-14-7-8-20-12-16(14)11-17)15-2-5-18(6-3-15)22-9-10-26-13-27(22,24)25/h2-8,11-13H,9-10,14H2,1H3,(H,27,31)(H,28,30);2-10,13-14H,11-12,15H2,1H3,(H,26,29)(H,27,30);1-7,10-12H,8-9,13H2,(H,27,31)(H,28,30);1-8,11-12H,9-10,13H2,(H,21,23). The van der Waals surface area contributed by atoms with Gasteiger partial charge in [0.25, 0.3) is 81.4 Å². The third-order valence-electron chi connectivity index (χ3n) is 20.0. The summed E-state index contributed by atoms with van der Waals surface area (Å²) in [7, 11) is -14.2. The number of nitrogens with one attached hydrogen (secondary N) is 7. The highest BCUT2D eigenvalue weighted by Gasteiger charge is 2.32. The van der Waals surface area contributed by atoms with E-state index in [4.69, 9.17) is 88.6 Å². The van der Waals surface area contributed by atoms with Crippen molar-refractivity contribution < 1.29 is 86.2 Å². The van der Waals surface area contributed by atoms with Gasteiger partial charge in [0.2, 0.25) is 0 Å². The zero-order valence-corrected chi connectivity index (χ0v) is 76.9. The maximum absolute atomic E-state index is 12.9. The van der Waals surface area contributed by atoms with Crippen LogP contribution in [0.15, 0.2) is 249 Å². The van der Waals surface area contributed by atoms with Crippen molar-refractivity contribution in [3.05, 3.63) is 329 Å². The number of carbonyl (C=O) groups is 7. The van der Waals surface area contributed by atoms with E-state index in [1.165, 1.54) is 71.8 Å². The molecule has 0 spiro atoms. The fourth-order valence-electron chi connectivity index (χ4n) is 13.3. The number of fused-ring (bicyclic) bond motifs is 1. The second-order valence-corrected chi connectivity index (χ2v) is 39.1. The minimum atomic E-state index is -3.62. The van der Waals surface area contributed by atoms with Crippen molar-refractivity contribution in [1.29, 1.82) is 0 Å². The van der Waals surface area contributed by atoms with Crippen LogP contribution >= 0.6 is 69.6 Å². The Labute approximate surface area is 783 Å². The average Bonchev–Trinajstić information content (AvgIpc) is 0.719. The normalized spacial score (nSPS) is 15.2. The molecule has 0 unspecified atom stereocenters. The first-order chi connectivity index (χ1) is 62.5. The number of halogens is 6. The molecule has 5 heterocycles. The Balaban J connectivity index is 0.000000149. The topological polar surface area (TPSA) is 403 Å². The molecule has 7 amide bonds. The fourth-order valence-corrected chi connectivity index (χ4v) is 19.5. The molecule has 4 aliphatic heterocycles. The lowest BCUT2D eigenvalue weighted by Crippen LogP contribution is -2.41. The lowest BCUT2D eigenvalue weighted by molar-refractivity contribution is 0.101. The lowest BCUT2D eigenvalue weighted by atomic mass is 10.1. The van der Waals surface area contributed by atoms with E-state index in [9.17, 15) is 67.2 Å². The van der Waals surface area contributed by atoms with Gasteiger partial charge in [0.05, 0.1) is 107 Å². The van der Waals surface area contributed by atoms with Crippen LogP contribution in [-0.4, -0.2) is 156 Å². The minimum Gasteiger partial charge on any atom is -0.362 e. The zero-order chi connectivity index (χ0) is 93.5. The van der Waals surface area contributed by atoms with Crippen LogP contribution in [0.1, 0.15) is 83.6 Å². The highest BCUT2D eigenvalue weighted by Crippen LogP contribution is 2.35. The highest BCUT2D eigenvalue weighted by molar-refractivity contribution is 7.93. The molecule has 4 saturated heterocycles. The molecule has 0 saturated carbocycles. The molecule has 41 heteroatoms. The first-order valence-electron chi connectivity index (χ1n) is 39.5. The average molecular weight is 1970 g/mol. The molecule has 0 bridgehead atoms. The van der Waals surface area contributed by atoms with E-state index in [0.29, 0.717) is 113 Å². The number of aromatic nitrogens is 1. The summed E-state index contributed by atoms with van der Waals surface area (Å²) in [5.74, 6) is -4.24. The van der Waals surface area contributed by atoms with Crippen LogP contribution in [0.5, 0.6) is 0 Å². The number of aryl methyl sites for hydroxylation is 2. The molecule has 7 N–H and O–H groups in total. The molecule has 0 atom stereocenters. The van der Waals surface area contributed by atoms with Gasteiger partial charge in [-0.05, 0) is 231 Å². The van der Waals surface area contributed by atoms with Crippen molar-refractivity contribution >= 4 is 224 Å². The molecule has 11 aromatic carbocycles. The van der Waals surface area contributed by atoms with Crippen LogP contribution in [0.2, 0.25) is 30.1 Å². The van der Waals surface area contributed by atoms with E-state index in [0.717, 1.165) is 21.9 Å². The van der Waals surface area contributed by atoms with Gasteiger partial charge in [0.1, 0.15) is 0 Å². The molecular weight excluding hydrogens is 1890 g/mol. The highest BCUT2D eigenvalue weighted by atomic mass is 35.5. The number of hydrogen-bond acceptors (Lipinski definition) is 20. The van der Waals surface area contributed by atoms with Crippen molar-refractivity contribution in [3.8, 4) is 0 Å². The van der Waals surface area contributed by atoms with Gasteiger partial charge in [-0.3, -0.25) is 55.8 Å². The second kappa shape index (κ2) is 42.7. The van der Waals surface area contributed by atoms with Gasteiger partial charge < -0.3 is 56.2 Å². The van der Waals surface area contributed by atoms with Gasteiger partial charge in [0, 0.05) is 94.8 Å². The number of pyridine rings is 1. The molecule has 4 aliphatic rings. The van der Waals surface area contributed by atoms with Gasteiger partial charge in [-0.1, -0.05) is 106 Å². The number of anilines is 11. The van der Waals surface area contributed by atoms with Gasteiger partial charge in [-0.15, -0.1) is 0 Å². The molecule has 12 aromatic rings. The largest absolute Gasteiger partial charge is 0.362 e. The molecule has 31 nitrogen and oxygen atoms in total. The number of amides is 7. The lowest BCUT2D eigenvalue weighted by Gasteiger charge is -2.28. The monoisotopic (exact) mass is 1970 g/mol. The van der Waals surface area contributed by atoms with Gasteiger partial charge in [-0.2, -0.15) is 0 Å². The smallest absolute Gasteiger partial charge is 0.259 e. The molecule has 131 heavy (non-hydrogen) atoms. The maximum atomic E-state index is 12.9. The minimum absolute atomic E-state index is 0.0742. The van der Waals surface area contributed by atoms with Crippen molar-refractivity contribution in [2.75, 3.05) is 131 Å². The Bertz CT molecular complexity index is 6690. The Kier molecular flexibility index (Phi) is 31.4. The first kappa shape index (κ1) is 96.3. The summed E-state index contributed by atoms with van der Waals surface area (Å²) < 4.78 is 122. The Morgan fingerprint density at radius 2 is 0.618 bits per heavy atom. The Morgan fingerprint density at radius 1 is 0.298 bits per heavy atom. The van der Waals surface area contributed by atoms with E-state index < -0.39 is 69.7 Å². The van der Waals surface area contributed by atoms with Crippen molar-refractivity contribution in [3.63, 3.8) is 0 Å². The third-order valence-corrected chi connectivity index (χ3v) is 27.7. The molecule has 0 radical (unpaired) electrons. The SMILES string of the molecule is Cc1ccc(NC(=O)c2ccc(N3CCOCS3(=O)=O)cc2)cc1NC(=O)c1cccc(Cl)c1.Cc1ccc(NC(=O)c2ccc(N3CCOCS3(=O)=O)cc2Cl)cc1NC(=O)c1cccc(Cl)c1.O=C(Nc1cc(NC(=O)c2ccc(N3CCOCS3(=O)=O)cc2Cl)ccc1Cl)c1cccc(Cl)c1.O=C(Nc1ccc2ccncc2c1)c1ccc(N2CCOCS2(=O)=O)cc1. The number of hydrogen-bond donors (Lipinski definition) is 7. The Morgan fingerprint density at radius 3 is 0.985 bits per heavy atom. The summed E-state index contributed by atoms with van der Waals surface area (Å²) in [5, 5.41) is 23.2. The molecule has 4 fully saturated rings. The number of rotatable bonds is 18. The molecule has 1 aromatic heterocycles. The number of carbonyl (C=O) groups excluding carboxylic acids is 7. The number of sulfonamides is 4. The Hall–Kier alpha value is -12.3. The first-order valence-corrected chi connectivity index (χ1v) is 48.2. The number of benzene rings is 11. The molecule has 16 rings (SSSR count). The van der Waals surface area contributed by atoms with E-state index in [2.05, 4.69) is 42.2 Å². The summed E-state index contributed by atoms with van der Waals surface area (Å²) in [6.45, 7) is 5.65. The van der Waals surface area contributed by atoms with Crippen LogP contribution in [0.4, 0.5) is 62.6 Å². The zero-order valence-electron chi connectivity index (χ0n) is 69.1. The summed E-state index contributed by atoms with van der Waals surface area (Å²) in [4.78, 5) is 92.7. The van der Waals surface area contributed by atoms with Crippen LogP contribution in [0.25, 0.3) is 10.8 Å². The van der Waals surface area contributed by atoms with Gasteiger partial charge in [-0.25, -0.2) is 33.7 Å². The second-order valence-electron chi connectivity index (χ2n) is 29.2. The van der Waals surface area contributed by atoms with Crippen molar-refractivity contribution in [2.24, 2.45) is 0 Å². The summed E-state index contributed by atoms with van der Waals surface area (Å²) in [6.07, 6.45) is 3.46. The molecule has 678 valence electrons.